The zero-order valence-corrected chi connectivity index (χ0v) is 14.2. The molecule has 0 aromatic heterocycles. The average molecular weight is 308 g/mol. The van der Waals surface area contributed by atoms with E-state index in [1.807, 2.05) is 44.1 Å². The summed E-state index contributed by atoms with van der Waals surface area (Å²) in [5.74, 6) is 0. The Labute approximate surface area is 138 Å². The summed E-state index contributed by atoms with van der Waals surface area (Å²) in [6.07, 6.45) is 3.36. The van der Waals surface area contributed by atoms with Crippen molar-refractivity contribution in [1.82, 2.24) is 9.80 Å². The second-order valence-corrected chi connectivity index (χ2v) is 5.82. The van der Waals surface area contributed by atoms with Crippen molar-refractivity contribution in [2.45, 2.75) is 6.17 Å². The van der Waals surface area contributed by atoms with Gasteiger partial charge in [-0.3, -0.25) is 0 Å². The molecule has 0 saturated heterocycles. The zero-order chi connectivity index (χ0) is 16.7. The lowest BCUT2D eigenvalue weighted by molar-refractivity contribution is 0.614. The van der Waals surface area contributed by atoms with Crippen LogP contribution < -0.4 is 0 Å². The molecule has 0 atom stereocenters. The van der Waals surface area contributed by atoms with E-state index >= 15 is 0 Å². The van der Waals surface area contributed by atoms with E-state index in [0.29, 0.717) is 0 Å². The molecule has 0 aliphatic heterocycles. The van der Waals surface area contributed by atoms with E-state index in [2.05, 4.69) is 58.5 Å². The molecule has 4 heteroatoms. The van der Waals surface area contributed by atoms with Crippen LogP contribution in [0.5, 0.6) is 0 Å². The Balaban J connectivity index is 2.25. The van der Waals surface area contributed by atoms with E-state index in [1.54, 1.807) is 12.7 Å². The van der Waals surface area contributed by atoms with Gasteiger partial charge < -0.3 is 9.80 Å². The molecule has 0 radical (unpaired) electrons. The molecule has 2 aromatic carbocycles. The molecule has 120 valence electrons. The molecular formula is C19H24N4. The third-order valence-corrected chi connectivity index (χ3v) is 3.19. The van der Waals surface area contributed by atoms with Crippen LogP contribution in [0.15, 0.2) is 64.6 Å². The van der Waals surface area contributed by atoms with Crippen molar-refractivity contribution < 1.29 is 0 Å². The molecule has 23 heavy (non-hydrogen) atoms. The largest absolute Gasteiger partial charge is 0.369 e. The monoisotopic (exact) mass is 308 g/mol. The van der Waals surface area contributed by atoms with Gasteiger partial charge >= 0.3 is 0 Å². The van der Waals surface area contributed by atoms with Gasteiger partial charge in [-0.05, 0) is 16.7 Å². The predicted octanol–water partition coefficient (Wildman–Crippen LogP) is 3.53. The lowest BCUT2D eigenvalue weighted by atomic mass is 10.0. The third-order valence-electron chi connectivity index (χ3n) is 3.19. The molecule has 0 saturated carbocycles. The molecule has 2 rings (SSSR count). The van der Waals surface area contributed by atoms with Crippen molar-refractivity contribution in [2.24, 2.45) is 9.98 Å². The molecule has 4 nitrogen and oxygen atoms in total. The van der Waals surface area contributed by atoms with Gasteiger partial charge in [0.2, 0.25) is 0 Å². The van der Waals surface area contributed by atoms with Crippen LogP contribution in [-0.2, 0) is 0 Å². The van der Waals surface area contributed by atoms with E-state index < -0.39 is 0 Å². The SMILES string of the molecule is CN(C)/C=N/C(/N=C/N(C)C)c1ccc(-c2ccccc2)cc1. The average Bonchev–Trinajstić information content (AvgIpc) is 2.55. The van der Waals surface area contributed by atoms with Crippen molar-refractivity contribution in [1.29, 1.82) is 0 Å². The van der Waals surface area contributed by atoms with Crippen molar-refractivity contribution in [2.75, 3.05) is 28.2 Å². The molecular weight excluding hydrogens is 284 g/mol. The summed E-state index contributed by atoms with van der Waals surface area (Å²) in [6, 6.07) is 18.8. The van der Waals surface area contributed by atoms with Gasteiger partial charge in [-0.25, -0.2) is 9.98 Å². The minimum Gasteiger partial charge on any atom is -0.369 e. The van der Waals surface area contributed by atoms with Crippen LogP contribution >= 0.6 is 0 Å². The van der Waals surface area contributed by atoms with Crippen molar-refractivity contribution in [3.8, 4) is 11.1 Å². The van der Waals surface area contributed by atoms with Crippen molar-refractivity contribution in [3.63, 3.8) is 0 Å². The lowest BCUT2D eigenvalue weighted by Crippen LogP contribution is -2.11. The molecule has 0 amide bonds. The van der Waals surface area contributed by atoms with E-state index in [4.69, 9.17) is 0 Å². The van der Waals surface area contributed by atoms with Crippen molar-refractivity contribution in [3.05, 3.63) is 60.2 Å². The van der Waals surface area contributed by atoms with Crippen LogP contribution in [0.25, 0.3) is 11.1 Å². The Morgan fingerprint density at radius 1 is 0.696 bits per heavy atom. The fourth-order valence-corrected chi connectivity index (χ4v) is 2.08. The lowest BCUT2D eigenvalue weighted by Gasteiger charge is -2.12. The second-order valence-electron chi connectivity index (χ2n) is 5.82. The van der Waals surface area contributed by atoms with Crippen LogP contribution in [0.3, 0.4) is 0 Å². The number of rotatable bonds is 6. The molecule has 0 aliphatic carbocycles. The predicted molar refractivity (Wildman–Crippen MR) is 99.0 cm³/mol. The van der Waals surface area contributed by atoms with Crippen LogP contribution in [0.2, 0.25) is 0 Å². The maximum Gasteiger partial charge on any atom is 0.168 e. The minimum atomic E-state index is -0.232. The summed E-state index contributed by atoms with van der Waals surface area (Å²) in [4.78, 5) is 12.9. The Bertz CT molecular complexity index is 625. The van der Waals surface area contributed by atoms with Crippen LogP contribution in [0, 0.1) is 0 Å². The fraction of sp³-hybridized carbons (Fsp3) is 0.263. The molecule has 0 N–H and O–H groups in total. The Kier molecular flexibility index (Phi) is 5.92. The highest BCUT2D eigenvalue weighted by molar-refractivity contribution is 5.64. The van der Waals surface area contributed by atoms with Gasteiger partial charge in [0.15, 0.2) is 6.17 Å². The summed E-state index contributed by atoms with van der Waals surface area (Å²) in [6.45, 7) is 0. The number of benzene rings is 2. The highest BCUT2D eigenvalue weighted by Gasteiger charge is 2.07. The Morgan fingerprint density at radius 3 is 1.65 bits per heavy atom. The quantitative estimate of drug-likeness (QED) is 0.604. The van der Waals surface area contributed by atoms with Gasteiger partial charge in [-0.2, -0.15) is 0 Å². The summed E-state index contributed by atoms with van der Waals surface area (Å²) in [5, 5.41) is 0. The molecule has 0 fully saturated rings. The molecule has 0 spiro atoms. The molecule has 0 unspecified atom stereocenters. The van der Waals surface area contributed by atoms with Gasteiger partial charge in [-0.15, -0.1) is 0 Å². The summed E-state index contributed by atoms with van der Waals surface area (Å²) in [5.41, 5.74) is 3.48. The van der Waals surface area contributed by atoms with Crippen LogP contribution in [0.1, 0.15) is 11.7 Å². The molecule has 0 heterocycles. The number of hydrogen-bond donors (Lipinski definition) is 0. The summed E-state index contributed by atoms with van der Waals surface area (Å²) >= 11 is 0. The van der Waals surface area contributed by atoms with Crippen LogP contribution in [-0.4, -0.2) is 50.7 Å². The highest BCUT2D eigenvalue weighted by atomic mass is 15.2. The van der Waals surface area contributed by atoms with Gasteiger partial charge in [0.05, 0.1) is 12.7 Å². The first-order valence-corrected chi connectivity index (χ1v) is 7.61. The van der Waals surface area contributed by atoms with Crippen molar-refractivity contribution >= 4 is 12.7 Å². The summed E-state index contributed by atoms with van der Waals surface area (Å²) < 4.78 is 0. The van der Waals surface area contributed by atoms with Gasteiger partial charge in [-0.1, -0.05) is 54.6 Å². The van der Waals surface area contributed by atoms with Gasteiger partial charge in [0.25, 0.3) is 0 Å². The van der Waals surface area contributed by atoms with E-state index in [1.165, 1.54) is 11.1 Å². The Hall–Kier alpha value is -2.62. The first-order valence-electron chi connectivity index (χ1n) is 7.61. The summed E-state index contributed by atoms with van der Waals surface area (Å²) in [7, 11) is 7.81. The van der Waals surface area contributed by atoms with Gasteiger partial charge in [0, 0.05) is 28.2 Å². The fourth-order valence-electron chi connectivity index (χ4n) is 2.08. The topological polar surface area (TPSA) is 31.2 Å². The number of hydrogen-bond acceptors (Lipinski definition) is 2. The van der Waals surface area contributed by atoms with E-state index in [0.717, 1.165) is 5.56 Å². The van der Waals surface area contributed by atoms with Crippen LogP contribution in [0.4, 0.5) is 0 Å². The molecule has 0 aliphatic rings. The maximum atomic E-state index is 4.54. The normalized spacial score (nSPS) is 11.5. The third kappa shape index (κ3) is 5.25. The minimum absolute atomic E-state index is 0.232. The second kappa shape index (κ2) is 8.13. The molecule has 0 bridgehead atoms. The highest BCUT2D eigenvalue weighted by Crippen LogP contribution is 2.24. The van der Waals surface area contributed by atoms with E-state index in [9.17, 15) is 0 Å². The molecule has 2 aromatic rings. The zero-order valence-electron chi connectivity index (χ0n) is 14.2. The number of aliphatic imine (C=N–C) groups is 2. The first-order chi connectivity index (χ1) is 11.1. The standard InChI is InChI=1S/C19H24N4/c1-22(2)14-20-19(21-15-23(3)4)18-12-10-17(11-13-18)16-8-6-5-7-9-16/h5-15,19H,1-4H3/b20-14+,21-15+. The maximum absolute atomic E-state index is 4.54. The first kappa shape index (κ1) is 16.7. The van der Waals surface area contributed by atoms with E-state index in [-0.39, 0.29) is 6.17 Å². The van der Waals surface area contributed by atoms with Gasteiger partial charge in [0.1, 0.15) is 0 Å². The smallest absolute Gasteiger partial charge is 0.168 e. The Morgan fingerprint density at radius 2 is 1.17 bits per heavy atom. The number of nitrogens with zero attached hydrogens (tertiary/aromatic N) is 4.